The molecule has 1 amide bonds. The van der Waals surface area contributed by atoms with Crippen LogP contribution in [0, 0.1) is 0 Å². The quantitative estimate of drug-likeness (QED) is 0.382. The zero-order chi connectivity index (χ0) is 24.7. The first kappa shape index (κ1) is 24.1. The largest absolute Gasteiger partial charge is 0.444 e. The predicted molar refractivity (Wildman–Crippen MR) is 135 cm³/mol. The van der Waals surface area contributed by atoms with Crippen molar-refractivity contribution in [3.8, 4) is 5.69 Å². The molecular formula is C26H29Cl2N5O2. The summed E-state index contributed by atoms with van der Waals surface area (Å²) in [5.74, 6) is 2.33. The van der Waals surface area contributed by atoms with Crippen molar-refractivity contribution in [1.82, 2.24) is 24.6 Å². The summed E-state index contributed by atoms with van der Waals surface area (Å²) < 4.78 is 7.78. The highest BCUT2D eigenvalue weighted by atomic mass is 35.5. The molecule has 2 aliphatic rings. The minimum Gasteiger partial charge on any atom is -0.444 e. The molecule has 1 aliphatic heterocycles. The number of hydrogen-bond donors (Lipinski definition) is 0. The molecule has 0 bridgehead atoms. The summed E-state index contributed by atoms with van der Waals surface area (Å²) in [4.78, 5) is 19.2. The third-order valence-corrected chi connectivity index (χ3v) is 7.11. The number of ether oxygens (including phenoxy) is 1. The van der Waals surface area contributed by atoms with Gasteiger partial charge in [0.25, 0.3) is 0 Å². The van der Waals surface area contributed by atoms with Crippen LogP contribution in [0.4, 0.5) is 4.79 Å². The Labute approximate surface area is 215 Å². The first-order valence-electron chi connectivity index (χ1n) is 12.0. The third-order valence-electron chi connectivity index (χ3n) is 6.64. The van der Waals surface area contributed by atoms with E-state index in [1.807, 2.05) is 51.1 Å². The molecule has 0 radical (unpaired) electrons. The van der Waals surface area contributed by atoms with Crippen molar-refractivity contribution in [2.45, 2.75) is 77.0 Å². The average Bonchev–Trinajstić information content (AvgIpc) is 3.13. The van der Waals surface area contributed by atoms with Gasteiger partial charge in [-0.15, -0.1) is 10.2 Å². The van der Waals surface area contributed by atoms with Gasteiger partial charge in [0.2, 0.25) is 0 Å². The van der Waals surface area contributed by atoms with Gasteiger partial charge in [0, 0.05) is 33.8 Å². The number of benzene rings is 1. The maximum absolute atomic E-state index is 13.0. The van der Waals surface area contributed by atoms with Crippen molar-refractivity contribution < 1.29 is 9.53 Å². The van der Waals surface area contributed by atoms with E-state index >= 15 is 0 Å². The fraction of sp³-hybridized carbons (Fsp3) is 0.462. The van der Waals surface area contributed by atoms with Crippen LogP contribution in [-0.4, -0.2) is 36.3 Å². The van der Waals surface area contributed by atoms with Crippen LogP contribution in [0.3, 0.4) is 0 Å². The first-order valence-corrected chi connectivity index (χ1v) is 12.8. The lowest BCUT2D eigenvalue weighted by Crippen LogP contribution is -2.35. The van der Waals surface area contributed by atoms with E-state index in [9.17, 15) is 4.79 Å². The van der Waals surface area contributed by atoms with E-state index in [0.29, 0.717) is 24.0 Å². The van der Waals surface area contributed by atoms with Crippen molar-refractivity contribution in [3.05, 3.63) is 69.5 Å². The lowest BCUT2D eigenvalue weighted by molar-refractivity contribution is 0.0214. The van der Waals surface area contributed by atoms with Gasteiger partial charge in [0.1, 0.15) is 11.4 Å². The summed E-state index contributed by atoms with van der Waals surface area (Å²) in [5, 5.41) is 10.5. The van der Waals surface area contributed by atoms with Crippen LogP contribution >= 0.6 is 23.2 Å². The molecule has 0 spiro atoms. The Morgan fingerprint density at radius 2 is 1.69 bits per heavy atom. The molecule has 1 fully saturated rings. The number of carbonyl (C=O) groups excluding carboxylic acids is 1. The van der Waals surface area contributed by atoms with Crippen LogP contribution in [0.15, 0.2) is 36.5 Å². The van der Waals surface area contributed by atoms with Crippen molar-refractivity contribution in [2.75, 3.05) is 0 Å². The molecule has 0 atom stereocenters. The Hall–Kier alpha value is -2.64. The number of amides is 1. The Morgan fingerprint density at radius 1 is 0.971 bits per heavy atom. The molecule has 7 nitrogen and oxygen atoms in total. The summed E-state index contributed by atoms with van der Waals surface area (Å²) in [5.41, 5.74) is 2.38. The molecule has 1 aromatic carbocycles. The molecule has 1 saturated carbocycles. The number of aromatic nitrogens is 4. The molecule has 2 aromatic heterocycles. The summed E-state index contributed by atoms with van der Waals surface area (Å²) in [7, 11) is 0. The number of halogens is 2. The van der Waals surface area contributed by atoms with Gasteiger partial charge in [-0.05, 0) is 82.3 Å². The van der Waals surface area contributed by atoms with Gasteiger partial charge < -0.3 is 4.74 Å². The predicted octanol–water partition coefficient (Wildman–Crippen LogP) is 6.66. The summed E-state index contributed by atoms with van der Waals surface area (Å²) in [6.45, 7) is 6.30. The molecule has 3 heterocycles. The molecule has 1 aliphatic carbocycles. The van der Waals surface area contributed by atoms with Crippen LogP contribution in [0.2, 0.25) is 10.0 Å². The number of rotatable bonds is 2. The molecule has 5 rings (SSSR count). The lowest BCUT2D eigenvalue weighted by atomic mass is 9.80. The SMILES string of the molecule is CC(C)(C)OC(=O)N1Cc2cc(Cl)ccc2-n2c(nnc2C2CCC(c3cc(Cl)ccn3)CC2)C1. The number of hydrogen-bond acceptors (Lipinski definition) is 5. The lowest BCUT2D eigenvalue weighted by Gasteiger charge is -2.28. The summed E-state index contributed by atoms with van der Waals surface area (Å²) >= 11 is 12.5. The van der Waals surface area contributed by atoms with Gasteiger partial charge in [-0.25, -0.2) is 4.79 Å². The number of nitrogens with zero attached hydrogens (tertiary/aromatic N) is 5. The molecule has 0 unspecified atom stereocenters. The number of pyridine rings is 1. The Balaban J connectivity index is 1.44. The van der Waals surface area contributed by atoms with Gasteiger partial charge in [0.05, 0.1) is 18.8 Å². The first-order chi connectivity index (χ1) is 16.7. The van der Waals surface area contributed by atoms with Crippen LogP contribution in [0.25, 0.3) is 5.69 Å². The van der Waals surface area contributed by atoms with Crippen LogP contribution in [0.1, 0.15) is 81.2 Å². The van der Waals surface area contributed by atoms with E-state index in [1.54, 1.807) is 11.1 Å². The minimum absolute atomic E-state index is 0.267. The fourth-order valence-corrected chi connectivity index (χ4v) is 5.40. The topological polar surface area (TPSA) is 73.1 Å². The normalized spacial score (nSPS) is 20.1. The van der Waals surface area contributed by atoms with Crippen molar-refractivity contribution in [3.63, 3.8) is 0 Å². The standard InChI is InChI=1S/C26H29Cl2N5O2/c1-26(2,3)35-25(34)32-14-18-12-19(27)8-9-22(18)33-23(15-32)30-31-24(33)17-6-4-16(5-7-17)21-13-20(28)10-11-29-21/h8-13,16-17H,4-7,14-15H2,1-3H3. The smallest absolute Gasteiger partial charge is 0.411 e. The highest BCUT2D eigenvalue weighted by Crippen LogP contribution is 2.41. The zero-order valence-electron chi connectivity index (χ0n) is 20.2. The second kappa shape index (κ2) is 9.43. The van der Waals surface area contributed by atoms with Crippen LogP contribution < -0.4 is 0 Å². The van der Waals surface area contributed by atoms with Crippen molar-refractivity contribution >= 4 is 29.3 Å². The highest BCUT2D eigenvalue weighted by Gasteiger charge is 2.33. The van der Waals surface area contributed by atoms with Gasteiger partial charge in [0.15, 0.2) is 5.82 Å². The van der Waals surface area contributed by atoms with Crippen LogP contribution in [0.5, 0.6) is 0 Å². The Bertz CT molecular complexity index is 1240. The van der Waals surface area contributed by atoms with Crippen LogP contribution in [-0.2, 0) is 17.8 Å². The minimum atomic E-state index is -0.587. The molecule has 0 saturated heterocycles. The number of fused-ring (bicyclic) bond motifs is 3. The van der Waals surface area contributed by atoms with Crippen molar-refractivity contribution in [2.24, 2.45) is 0 Å². The summed E-state index contributed by atoms with van der Waals surface area (Å²) in [6.07, 6.45) is 5.39. The molecule has 3 aromatic rings. The Morgan fingerprint density at radius 3 is 2.40 bits per heavy atom. The van der Waals surface area contributed by atoms with E-state index in [-0.39, 0.29) is 12.0 Å². The Kier molecular flexibility index (Phi) is 6.49. The highest BCUT2D eigenvalue weighted by molar-refractivity contribution is 6.30. The molecule has 35 heavy (non-hydrogen) atoms. The number of carbonyl (C=O) groups is 1. The monoisotopic (exact) mass is 513 g/mol. The van der Waals surface area contributed by atoms with E-state index in [0.717, 1.165) is 59.3 Å². The van der Waals surface area contributed by atoms with Gasteiger partial charge in [-0.1, -0.05) is 23.2 Å². The second-order valence-electron chi connectivity index (χ2n) is 10.4. The molecule has 9 heteroatoms. The molecular weight excluding hydrogens is 485 g/mol. The average molecular weight is 514 g/mol. The van der Waals surface area contributed by atoms with E-state index < -0.39 is 5.60 Å². The van der Waals surface area contributed by atoms with Gasteiger partial charge >= 0.3 is 6.09 Å². The summed E-state index contributed by atoms with van der Waals surface area (Å²) in [6, 6.07) is 9.56. The molecule has 0 N–H and O–H groups in total. The third kappa shape index (κ3) is 5.16. The van der Waals surface area contributed by atoms with Gasteiger partial charge in [-0.2, -0.15) is 0 Å². The second-order valence-corrected chi connectivity index (χ2v) is 11.2. The maximum atomic E-state index is 13.0. The van der Waals surface area contributed by atoms with Crippen molar-refractivity contribution in [1.29, 1.82) is 0 Å². The zero-order valence-corrected chi connectivity index (χ0v) is 21.7. The van der Waals surface area contributed by atoms with E-state index in [1.165, 1.54) is 0 Å². The maximum Gasteiger partial charge on any atom is 0.411 e. The van der Waals surface area contributed by atoms with Gasteiger partial charge in [-0.3, -0.25) is 14.5 Å². The van der Waals surface area contributed by atoms with E-state index in [2.05, 4.69) is 19.7 Å². The molecule has 184 valence electrons. The fourth-order valence-electron chi connectivity index (χ4n) is 5.04. The van der Waals surface area contributed by atoms with E-state index in [4.69, 9.17) is 27.9 Å².